The van der Waals surface area contributed by atoms with Crippen LogP contribution in [0.5, 0.6) is 0 Å². The first-order valence-electron chi connectivity index (χ1n) is 7.34. The molecule has 0 radical (unpaired) electrons. The highest BCUT2D eigenvalue weighted by Gasteiger charge is 2.10. The molecule has 3 rings (SSSR count). The van der Waals surface area contributed by atoms with Crippen molar-refractivity contribution >= 4 is 23.8 Å². The summed E-state index contributed by atoms with van der Waals surface area (Å²) in [5.74, 6) is 0.116. The van der Waals surface area contributed by atoms with Gasteiger partial charge in [-0.05, 0) is 35.4 Å². The summed E-state index contributed by atoms with van der Waals surface area (Å²) in [7, 11) is 0. The molecule has 0 bridgehead atoms. The van der Waals surface area contributed by atoms with Crippen LogP contribution >= 0.6 is 11.6 Å². The van der Waals surface area contributed by atoms with E-state index in [9.17, 15) is 13.2 Å². The highest BCUT2D eigenvalue weighted by Crippen LogP contribution is 2.22. The zero-order chi connectivity index (χ0) is 17.8. The maximum Gasteiger partial charge on any atom is 0.263 e. The Hall–Kier alpha value is -2.60. The molecule has 128 valence electrons. The Kier molecular flexibility index (Phi) is 5.19. The fourth-order valence-corrected chi connectivity index (χ4v) is 2.45. The predicted octanol–water partition coefficient (Wildman–Crippen LogP) is 5.56. The summed E-state index contributed by atoms with van der Waals surface area (Å²) in [6.45, 7) is 0. The first kappa shape index (κ1) is 17.2. The van der Waals surface area contributed by atoms with Gasteiger partial charge in [-0.2, -0.15) is 0 Å². The second-order valence-electron chi connectivity index (χ2n) is 5.26. The Morgan fingerprint density at radius 3 is 2.68 bits per heavy atom. The summed E-state index contributed by atoms with van der Waals surface area (Å²) in [5, 5.41) is 8.01. The van der Waals surface area contributed by atoms with Gasteiger partial charge in [0.1, 0.15) is 5.82 Å². The Bertz CT molecular complexity index is 909. The molecule has 0 saturated heterocycles. The summed E-state index contributed by atoms with van der Waals surface area (Å²) >= 11 is 5.93. The molecule has 3 aromatic rings. The number of hydrogen-bond acceptors (Lipinski definition) is 3. The van der Waals surface area contributed by atoms with Crippen molar-refractivity contribution in [3.8, 4) is 0 Å². The summed E-state index contributed by atoms with van der Waals surface area (Å²) in [6, 6.07) is 10.1. The van der Waals surface area contributed by atoms with E-state index >= 15 is 0 Å². The van der Waals surface area contributed by atoms with Crippen LogP contribution in [0.1, 0.15) is 34.9 Å². The molecule has 0 aliphatic heterocycles. The second-order valence-corrected chi connectivity index (χ2v) is 5.66. The first-order valence-corrected chi connectivity index (χ1v) is 7.71. The standard InChI is InChI=1S/C18H12ClF3N2O/c19-15-10-14(20)6-4-12(15)5-7-16-23-24-17(25-16)9-11-2-1-3-13(8-11)18(21)22/h1-8,10,18H,9H2. The zero-order valence-electron chi connectivity index (χ0n) is 12.8. The van der Waals surface area contributed by atoms with Gasteiger partial charge in [0, 0.05) is 11.6 Å². The van der Waals surface area contributed by atoms with E-state index in [2.05, 4.69) is 10.2 Å². The largest absolute Gasteiger partial charge is 0.421 e. The Morgan fingerprint density at radius 1 is 1.08 bits per heavy atom. The van der Waals surface area contributed by atoms with Gasteiger partial charge < -0.3 is 4.42 Å². The van der Waals surface area contributed by atoms with Crippen LogP contribution in [0, 0.1) is 5.82 Å². The van der Waals surface area contributed by atoms with E-state index in [4.69, 9.17) is 16.0 Å². The number of nitrogens with zero attached hydrogens (tertiary/aromatic N) is 2. The van der Waals surface area contributed by atoms with Crippen LogP contribution < -0.4 is 0 Å². The van der Waals surface area contributed by atoms with E-state index in [0.717, 1.165) is 0 Å². The number of aromatic nitrogens is 2. The molecule has 2 aromatic carbocycles. The topological polar surface area (TPSA) is 38.9 Å². The summed E-state index contributed by atoms with van der Waals surface area (Å²) in [6.07, 6.45) is 0.891. The van der Waals surface area contributed by atoms with Crippen molar-refractivity contribution < 1.29 is 17.6 Å². The zero-order valence-corrected chi connectivity index (χ0v) is 13.6. The van der Waals surface area contributed by atoms with Gasteiger partial charge in [0.25, 0.3) is 6.43 Å². The molecule has 0 unspecified atom stereocenters. The van der Waals surface area contributed by atoms with Gasteiger partial charge in [0.15, 0.2) is 0 Å². The van der Waals surface area contributed by atoms with E-state index in [1.807, 2.05) is 0 Å². The number of alkyl halides is 2. The van der Waals surface area contributed by atoms with Crippen LogP contribution in [0.25, 0.3) is 12.2 Å². The van der Waals surface area contributed by atoms with Gasteiger partial charge in [-0.25, -0.2) is 13.2 Å². The van der Waals surface area contributed by atoms with Crippen molar-refractivity contribution in [2.75, 3.05) is 0 Å². The van der Waals surface area contributed by atoms with Gasteiger partial charge in [0.2, 0.25) is 11.8 Å². The fraction of sp³-hybridized carbons (Fsp3) is 0.111. The minimum absolute atomic E-state index is 0.0527. The maximum atomic E-state index is 13.0. The van der Waals surface area contributed by atoms with Crippen LogP contribution in [0.4, 0.5) is 13.2 Å². The van der Waals surface area contributed by atoms with E-state index < -0.39 is 12.2 Å². The van der Waals surface area contributed by atoms with Crippen LogP contribution in [-0.2, 0) is 6.42 Å². The van der Waals surface area contributed by atoms with E-state index in [1.54, 1.807) is 24.3 Å². The molecule has 1 heterocycles. The van der Waals surface area contributed by atoms with Crippen molar-refractivity contribution in [3.05, 3.63) is 81.8 Å². The highest BCUT2D eigenvalue weighted by atomic mass is 35.5. The SMILES string of the molecule is Fc1ccc(C=Cc2nnc(Cc3cccc(C(F)F)c3)o2)c(Cl)c1. The normalized spacial score (nSPS) is 11.6. The number of halogens is 4. The predicted molar refractivity (Wildman–Crippen MR) is 88.8 cm³/mol. The minimum atomic E-state index is -2.53. The average Bonchev–Trinajstić information content (AvgIpc) is 3.01. The third-order valence-electron chi connectivity index (χ3n) is 3.41. The molecule has 1 aromatic heterocycles. The molecule has 0 amide bonds. The molecule has 7 heteroatoms. The average molecular weight is 365 g/mol. The Morgan fingerprint density at radius 2 is 1.92 bits per heavy atom. The lowest BCUT2D eigenvalue weighted by Gasteiger charge is -2.02. The van der Waals surface area contributed by atoms with E-state index in [-0.39, 0.29) is 22.9 Å². The van der Waals surface area contributed by atoms with Gasteiger partial charge in [-0.3, -0.25) is 0 Å². The molecule has 0 spiro atoms. The van der Waals surface area contributed by atoms with Crippen molar-refractivity contribution in [2.24, 2.45) is 0 Å². The summed E-state index contributed by atoms with van der Waals surface area (Å²) in [4.78, 5) is 0. The summed E-state index contributed by atoms with van der Waals surface area (Å²) in [5.41, 5.74) is 1.20. The fourth-order valence-electron chi connectivity index (χ4n) is 2.22. The molecule has 3 nitrogen and oxygen atoms in total. The van der Waals surface area contributed by atoms with Gasteiger partial charge >= 0.3 is 0 Å². The molecule has 0 aliphatic carbocycles. The number of rotatable bonds is 5. The molecule has 0 atom stereocenters. The lowest BCUT2D eigenvalue weighted by atomic mass is 10.1. The minimum Gasteiger partial charge on any atom is -0.421 e. The maximum absolute atomic E-state index is 13.0. The lowest BCUT2D eigenvalue weighted by molar-refractivity contribution is 0.151. The van der Waals surface area contributed by atoms with Crippen LogP contribution in [0.15, 0.2) is 46.9 Å². The van der Waals surface area contributed by atoms with Crippen LogP contribution in [0.3, 0.4) is 0 Å². The van der Waals surface area contributed by atoms with E-state index in [1.165, 1.54) is 30.3 Å². The molecule has 25 heavy (non-hydrogen) atoms. The molecule has 0 saturated carbocycles. The molecule has 0 fully saturated rings. The van der Waals surface area contributed by atoms with Gasteiger partial charge in [0.05, 0.1) is 11.4 Å². The van der Waals surface area contributed by atoms with Crippen LogP contribution in [-0.4, -0.2) is 10.2 Å². The first-order chi connectivity index (χ1) is 12.0. The molecular weight excluding hydrogens is 353 g/mol. The number of hydrogen-bond donors (Lipinski definition) is 0. The summed E-state index contributed by atoms with van der Waals surface area (Å²) < 4.78 is 43.9. The highest BCUT2D eigenvalue weighted by molar-refractivity contribution is 6.32. The lowest BCUT2D eigenvalue weighted by Crippen LogP contribution is -1.91. The smallest absolute Gasteiger partial charge is 0.263 e. The second kappa shape index (κ2) is 7.53. The van der Waals surface area contributed by atoms with Crippen molar-refractivity contribution in [1.82, 2.24) is 10.2 Å². The quantitative estimate of drug-likeness (QED) is 0.595. The molecular formula is C18H12ClF3N2O. The third-order valence-corrected chi connectivity index (χ3v) is 3.74. The monoisotopic (exact) mass is 364 g/mol. The van der Waals surface area contributed by atoms with Crippen molar-refractivity contribution in [2.45, 2.75) is 12.8 Å². The van der Waals surface area contributed by atoms with Crippen molar-refractivity contribution in [1.29, 1.82) is 0 Å². The van der Waals surface area contributed by atoms with Crippen LogP contribution in [0.2, 0.25) is 5.02 Å². The Labute approximate surface area is 146 Å². The number of benzene rings is 2. The van der Waals surface area contributed by atoms with Crippen molar-refractivity contribution in [3.63, 3.8) is 0 Å². The third kappa shape index (κ3) is 4.48. The molecule has 0 N–H and O–H groups in total. The van der Waals surface area contributed by atoms with E-state index in [0.29, 0.717) is 17.0 Å². The van der Waals surface area contributed by atoms with Gasteiger partial charge in [-0.15, -0.1) is 10.2 Å². The molecule has 0 aliphatic rings. The Balaban J connectivity index is 1.72. The van der Waals surface area contributed by atoms with Gasteiger partial charge in [-0.1, -0.05) is 35.9 Å².